The van der Waals surface area contributed by atoms with E-state index in [1.165, 1.54) is 10.4 Å². The second-order valence-electron chi connectivity index (χ2n) is 11.8. The van der Waals surface area contributed by atoms with Crippen LogP contribution in [0.2, 0.25) is 36.3 Å². The van der Waals surface area contributed by atoms with Crippen molar-refractivity contribution in [1.29, 1.82) is 0 Å². The molecule has 0 unspecified atom stereocenters. The molecule has 2 N–H and O–H groups in total. The van der Waals surface area contributed by atoms with E-state index in [-0.39, 0.29) is 55.9 Å². The molecule has 0 radical (unpaired) electrons. The van der Waals surface area contributed by atoms with E-state index < -0.39 is 35.8 Å². The molecule has 33 heavy (non-hydrogen) atoms. The molecule has 1 heterocycles. The van der Waals surface area contributed by atoms with E-state index in [0.717, 1.165) is 10.8 Å². The van der Waals surface area contributed by atoms with Crippen LogP contribution in [0.4, 0.5) is 0 Å². The van der Waals surface area contributed by atoms with Gasteiger partial charge in [0.15, 0.2) is 0 Å². The summed E-state index contributed by atoms with van der Waals surface area (Å²) in [5.41, 5.74) is 1.24. The first-order valence-corrected chi connectivity index (χ1v) is 18.5. The SMILES string of the molecule is CC(C)(C)[Si](C)(C)c1c2c(c3ccccc3c1[Si](C)(C)C(C)(C)C)C(=O)[NH][Ti+2][NH]C2=O.[Br-].[Br-]. The van der Waals surface area contributed by atoms with Crippen LogP contribution in [0.1, 0.15) is 62.3 Å². The molecule has 0 saturated heterocycles. The van der Waals surface area contributed by atoms with E-state index in [1.54, 1.807) is 0 Å². The van der Waals surface area contributed by atoms with Gasteiger partial charge in [-0.2, -0.15) is 0 Å². The van der Waals surface area contributed by atoms with Crippen molar-refractivity contribution in [3.8, 4) is 0 Å². The Morgan fingerprint density at radius 3 is 1.52 bits per heavy atom. The van der Waals surface area contributed by atoms with Gasteiger partial charge in [0.2, 0.25) is 0 Å². The van der Waals surface area contributed by atoms with Crippen molar-refractivity contribution in [2.24, 2.45) is 0 Å². The van der Waals surface area contributed by atoms with Gasteiger partial charge in [-0.25, -0.2) is 0 Å². The number of benzene rings is 2. The summed E-state index contributed by atoms with van der Waals surface area (Å²) in [4.78, 5) is 26.9. The minimum absolute atomic E-state index is 0. The summed E-state index contributed by atoms with van der Waals surface area (Å²) >= 11 is -1.06. The standard InChI is InChI=1S/C24H38N2O2Si2.2BrH.Ti/c1-23(2,3)29(7,8)19-16-14-12-11-13-15(16)17(21(25)27)18(22(26)28)20(19)30(9,10)24(4,5)6;;;/h11-14H,1-10H3,(H4,25,26,27,28);2*1H;/q;;;+4/p-4. The molecular formula is C24H36Br2N2O2Si2Ti. The molecule has 0 fully saturated rings. The summed E-state index contributed by atoms with van der Waals surface area (Å²) in [6, 6.07) is 8.26. The third-order valence-electron chi connectivity index (χ3n) is 8.02. The first-order valence-electron chi connectivity index (χ1n) is 11.0. The molecule has 180 valence electrons. The Bertz CT molecular complexity index is 1090. The second-order valence-corrected chi connectivity index (χ2v) is 23.5. The number of nitrogens with one attached hydrogen (secondary N) is 2. The van der Waals surface area contributed by atoms with Crippen LogP contribution >= 0.6 is 0 Å². The van der Waals surface area contributed by atoms with Crippen LogP contribution in [0.3, 0.4) is 0 Å². The maximum Gasteiger partial charge on any atom is -1.00 e. The van der Waals surface area contributed by atoms with E-state index in [9.17, 15) is 9.59 Å². The first kappa shape index (κ1) is 30.8. The minimum Gasteiger partial charge on any atom is -1.00 e. The fraction of sp³-hybridized carbons (Fsp3) is 0.500. The molecule has 2 aromatic rings. The predicted molar refractivity (Wildman–Crippen MR) is 133 cm³/mol. The van der Waals surface area contributed by atoms with E-state index in [1.807, 2.05) is 12.1 Å². The monoisotopic (exact) mass is 646 g/mol. The Morgan fingerprint density at radius 1 is 0.667 bits per heavy atom. The minimum atomic E-state index is -2.20. The first-order chi connectivity index (χ1) is 14.0. The third-order valence-corrected chi connectivity index (χ3v) is 20.4. The topological polar surface area (TPSA) is 58.2 Å². The molecule has 1 aliphatic rings. The van der Waals surface area contributed by atoms with Crippen molar-refractivity contribution in [2.45, 2.75) is 77.8 Å². The second kappa shape index (κ2) is 10.0. The molecule has 0 aromatic heterocycles. The van der Waals surface area contributed by atoms with Crippen molar-refractivity contribution < 1.29 is 63.2 Å². The molecule has 0 spiro atoms. The maximum atomic E-state index is 13.6. The molecule has 0 saturated carbocycles. The van der Waals surface area contributed by atoms with Gasteiger partial charge >= 0.3 is 199 Å². The van der Waals surface area contributed by atoms with Gasteiger partial charge in [0.25, 0.3) is 0 Å². The van der Waals surface area contributed by atoms with Crippen LogP contribution in [0.5, 0.6) is 0 Å². The smallest absolute Gasteiger partial charge is 1.00 e. The maximum absolute atomic E-state index is 13.6. The number of halogens is 2. The number of fused-ring (bicyclic) bond motifs is 3. The number of carbonyl (C=O) groups is 2. The van der Waals surface area contributed by atoms with Crippen molar-refractivity contribution >= 4 is 49.1 Å². The molecule has 2 amide bonds. The van der Waals surface area contributed by atoms with Crippen LogP contribution in [0.15, 0.2) is 24.3 Å². The summed E-state index contributed by atoms with van der Waals surface area (Å²) in [6.45, 7) is 23.5. The third kappa shape index (κ3) is 5.03. The number of carbonyl (C=O) groups excluding carboxylic acids is 2. The van der Waals surface area contributed by atoms with Crippen LogP contribution < -0.4 is 51.9 Å². The van der Waals surface area contributed by atoms with Gasteiger partial charge in [-0.3, -0.25) is 0 Å². The van der Waals surface area contributed by atoms with Crippen LogP contribution in [-0.2, 0) is 19.7 Å². The van der Waals surface area contributed by atoms with E-state index in [4.69, 9.17) is 0 Å². The van der Waals surface area contributed by atoms with E-state index in [0.29, 0.717) is 11.1 Å². The average molecular weight is 648 g/mol. The summed E-state index contributed by atoms with van der Waals surface area (Å²) < 4.78 is 6.08. The van der Waals surface area contributed by atoms with Gasteiger partial charge in [0, 0.05) is 0 Å². The van der Waals surface area contributed by atoms with Gasteiger partial charge in [-0.05, 0) is 0 Å². The van der Waals surface area contributed by atoms with Crippen LogP contribution in [0.25, 0.3) is 10.8 Å². The van der Waals surface area contributed by atoms with Crippen LogP contribution in [0, 0.1) is 0 Å². The number of hydrogen-bond donors (Lipinski definition) is 2. The Kier molecular flexibility index (Phi) is 9.34. The zero-order chi connectivity index (χ0) is 23.6. The molecule has 0 bridgehead atoms. The van der Waals surface area contributed by atoms with Gasteiger partial charge in [0.05, 0.1) is 0 Å². The molecular weight excluding hydrogens is 612 g/mol. The van der Waals surface area contributed by atoms with Crippen molar-refractivity contribution in [1.82, 2.24) is 7.60 Å². The Balaban J connectivity index is 0.00000272. The Morgan fingerprint density at radius 2 is 1.06 bits per heavy atom. The largest absolute Gasteiger partial charge is 1.00 e. The number of amides is 2. The van der Waals surface area contributed by atoms with Gasteiger partial charge in [-0.15, -0.1) is 0 Å². The summed E-state index contributed by atoms with van der Waals surface area (Å²) in [6.07, 6.45) is 0. The summed E-state index contributed by atoms with van der Waals surface area (Å²) in [5.74, 6) is -0.176. The Hall–Kier alpha value is -0.252. The van der Waals surface area contributed by atoms with Crippen molar-refractivity contribution in [3.63, 3.8) is 0 Å². The van der Waals surface area contributed by atoms with Crippen molar-refractivity contribution in [3.05, 3.63) is 35.4 Å². The van der Waals surface area contributed by atoms with Crippen LogP contribution in [-0.4, -0.2) is 28.0 Å². The van der Waals surface area contributed by atoms with E-state index in [2.05, 4.69) is 87.5 Å². The fourth-order valence-corrected chi connectivity index (χ4v) is 11.7. The molecule has 0 aliphatic carbocycles. The van der Waals surface area contributed by atoms with E-state index >= 15 is 0 Å². The quantitative estimate of drug-likeness (QED) is 0.397. The molecule has 4 nitrogen and oxygen atoms in total. The van der Waals surface area contributed by atoms with Gasteiger partial charge in [0.1, 0.15) is 0 Å². The summed E-state index contributed by atoms with van der Waals surface area (Å²) in [7, 11) is -4.27. The summed E-state index contributed by atoms with van der Waals surface area (Å²) in [5, 5.41) is 4.80. The molecule has 1 aliphatic heterocycles. The average Bonchev–Trinajstić information content (AvgIpc) is 2.77. The molecule has 2 aromatic carbocycles. The zero-order valence-electron chi connectivity index (χ0n) is 21.4. The molecule has 0 atom stereocenters. The predicted octanol–water partition coefficient (Wildman–Crippen LogP) is -1.34. The molecule has 9 heteroatoms. The Labute approximate surface area is 231 Å². The fourth-order valence-electron chi connectivity index (χ4n) is 4.20. The van der Waals surface area contributed by atoms with Crippen molar-refractivity contribution in [2.75, 3.05) is 0 Å². The van der Waals surface area contributed by atoms with Gasteiger partial charge in [-0.1, -0.05) is 0 Å². The number of rotatable bonds is 2. The molecule has 3 rings (SSSR count). The van der Waals surface area contributed by atoms with Gasteiger partial charge < -0.3 is 34.0 Å². The zero-order valence-corrected chi connectivity index (χ0v) is 28.1. The number of hydrogen-bond acceptors (Lipinski definition) is 2. The normalized spacial score (nSPS) is 14.5.